The minimum absolute atomic E-state index is 0.176. The summed E-state index contributed by atoms with van der Waals surface area (Å²) in [6, 6.07) is 36.8. The predicted molar refractivity (Wildman–Crippen MR) is 127 cm³/mol. The topological polar surface area (TPSA) is 38.7 Å². The third kappa shape index (κ3) is 4.23. The molecule has 0 bridgehead atoms. The van der Waals surface area contributed by atoms with Gasteiger partial charge < -0.3 is 0 Å². The van der Waals surface area contributed by atoms with Gasteiger partial charge in [-0.2, -0.15) is 9.97 Å². The molecule has 5 aromatic rings. The van der Waals surface area contributed by atoms with Crippen LogP contribution in [-0.4, -0.2) is 15.0 Å². The first-order valence-corrected chi connectivity index (χ1v) is 10.4. The average Bonchev–Trinajstić information content (AvgIpc) is 2.85. The van der Waals surface area contributed by atoms with E-state index in [0.29, 0.717) is 11.6 Å². The maximum absolute atomic E-state index is 6.30. The first-order valence-electron chi connectivity index (χ1n) is 9.99. The van der Waals surface area contributed by atoms with Gasteiger partial charge in [-0.05, 0) is 52.1 Å². The molecule has 1 heterocycles. The quantitative estimate of drug-likeness (QED) is 0.309. The van der Waals surface area contributed by atoms with Gasteiger partial charge in [-0.1, -0.05) is 91.0 Å². The van der Waals surface area contributed by atoms with Crippen LogP contribution >= 0.6 is 11.6 Å². The number of halogens is 1. The Morgan fingerprint density at radius 1 is 0.387 bits per heavy atom. The van der Waals surface area contributed by atoms with E-state index in [1.54, 1.807) is 0 Å². The van der Waals surface area contributed by atoms with Gasteiger partial charge in [0, 0.05) is 11.1 Å². The molecule has 0 N–H and O–H groups in total. The molecule has 31 heavy (non-hydrogen) atoms. The second kappa shape index (κ2) is 8.50. The summed E-state index contributed by atoms with van der Waals surface area (Å²) in [5.74, 6) is 1.11. The Balaban J connectivity index is 1.70. The molecule has 0 radical (unpaired) electrons. The van der Waals surface area contributed by atoms with E-state index in [1.165, 1.54) is 0 Å². The molecule has 0 saturated heterocycles. The lowest BCUT2D eigenvalue weighted by Gasteiger charge is -2.11. The fourth-order valence-corrected chi connectivity index (χ4v) is 3.71. The van der Waals surface area contributed by atoms with Crippen molar-refractivity contribution in [2.75, 3.05) is 0 Å². The van der Waals surface area contributed by atoms with Gasteiger partial charge in [0.2, 0.25) is 5.28 Å². The number of nitrogens with zero attached hydrogens (tertiary/aromatic N) is 3. The number of hydrogen-bond donors (Lipinski definition) is 0. The Kier molecular flexibility index (Phi) is 5.26. The number of hydrogen-bond acceptors (Lipinski definition) is 3. The fourth-order valence-electron chi connectivity index (χ4n) is 3.55. The Bertz CT molecular complexity index is 1260. The van der Waals surface area contributed by atoms with E-state index in [4.69, 9.17) is 16.6 Å². The molecule has 0 atom stereocenters. The molecule has 0 aliphatic carbocycles. The van der Waals surface area contributed by atoms with Crippen LogP contribution in [0.4, 0.5) is 0 Å². The summed E-state index contributed by atoms with van der Waals surface area (Å²) in [6.07, 6.45) is 0. The highest BCUT2D eigenvalue weighted by Crippen LogP contribution is 2.32. The van der Waals surface area contributed by atoms with Crippen molar-refractivity contribution in [1.29, 1.82) is 0 Å². The van der Waals surface area contributed by atoms with Crippen molar-refractivity contribution in [1.82, 2.24) is 15.0 Å². The van der Waals surface area contributed by atoms with Crippen LogP contribution in [0.15, 0.2) is 109 Å². The minimum atomic E-state index is 0.176. The third-order valence-electron chi connectivity index (χ3n) is 5.05. The summed E-state index contributed by atoms with van der Waals surface area (Å²) >= 11 is 6.30. The summed E-state index contributed by atoms with van der Waals surface area (Å²) in [5, 5.41) is 0.176. The summed E-state index contributed by atoms with van der Waals surface area (Å²) in [5.41, 5.74) is 6.23. The Hall–Kier alpha value is -3.82. The van der Waals surface area contributed by atoms with Crippen molar-refractivity contribution in [3.63, 3.8) is 0 Å². The van der Waals surface area contributed by atoms with Crippen LogP contribution in [0, 0.1) is 0 Å². The fraction of sp³-hybridized carbons (Fsp3) is 0. The smallest absolute Gasteiger partial charge is 0.208 e. The molecule has 4 aromatic carbocycles. The van der Waals surface area contributed by atoms with Crippen molar-refractivity contribution < 1.29 is 0 Å². The zero-order valence-electron chi connectivity index (χ0n) is 16.6. The van der Waals surface area contributed by atoms with Crippen molar-refractivity contribution in [3.05, 3.63) is 114 Å². The van der Waals surface area contributed by atoms with Crippen LogP contribution in [-0.2, 0) is 0 Å². The lowest BCUT2D eigenvalue weighted by Crippen LogP contribution is -1.98. The third-order valence-corrected chi connectivity index (χ3v) is 5.21. The first kappa shape index (κ1) is 19.2. The van der Waals surface area contributed by atoms with Crippen LogP contribution in [0.25, 0.3) is 45.0 Å². The SMILES string of the molecule is Clc1nc(-c2ccccc2)nc(-c2cc(-c3ccccc3)cc(-c3ccccc3)c2)n1. The molecule has 0 saturated carbocycles. The van der Waals surface area contributed by atoms with Crippen LogP contribution < -0.4 is 0 Å². The van der Waals surface area contributed by atoms with Gasteiger partial charge in [-0.3, -0.25) is 0 Å². The summed E-state index contributed by atoms with van der Waals surface area (Å²) in [7, 11) is 0. The van der Waals surface area contributed by atoms with E-state index in [2.05, 4.69) is 52.4 Å². The maximum atomic E-state index is 6.30. The molecule has 0 fully saturated rings. The van der Waals surface area contributed by atoms with E-state index in [0.717, 1.165) is 33.4 Å². The largest absolute Gasteiger partial charge is 0.226 e. The zero-order chi connectivity index (χ0) is 21.0. The average molecular weight is 420 g/mol. The van der Waals surface area contributed by atoms with E-state index in [-0.39, 0.29) is 5.28 Å². The van der Waals surface area contributed by atoms with Gasteiger partial charge in [0.15, 0.2) is 11.6 Å². The molecule has 1 aromatic heterocycles. The second-order valence-electron chi connectivity index (χ2n) is 7.15. The number of aromatic nitrogens is 3. The second-order valence-corrected chi connectivity index (χ2v) is 7.49. The highest BCUT2D eigenvalue weighted by Gasteiger charge is 2.12. The van der Waals surface area contributed by atoms with Gasteiger partial charge in [0.25, 0.3) is 0 Å². The van der Waals surface area contributed by atoms with E-state index in [9.17, 15) is 0 Å². The molecule has 0 spiro atoms. The molecular formula is C27H18ClN3. The highest BCUT2D eigenvalue weighted by molar-refractivity contribution is 6.28. The van der Waals surface area contributed by atoms with E-state index in [1.807, 2.05) is 66.7 Å². The van der Waals surface area contributed by atoms with Gasteiger partial charge in [-0.25, -0.2) is 4.98 Å². The molecule has 148 valence electrons. The van der Waals surface area contributed by atoms with Gasteiger partial charge in [0.05, 0.1) is 0 Å². The maximum Gasteiger partial charge on any atom is 0.226 e. The van der Waals surface area contributed by atoms with Gasteiger partial charge in [-0.15, -0.1) is 0 Å². The van der Waals surface area contributed by atoms with Crippen molar-refractivity contribution in [2.45, 2.75) is 0 Å². The van der Waals surface area contributed by atoms with Crippen LogP contribution in [0.5, 0.6) is 0 Å². The zero-order valence-corrected chi connectivity index (χ0v) is 17.4. The number of rotatable bonds is 4. The Morgan fingerprint density at radius 3 is 1.26 bits per heavy atom. The van der Waals surface area contributed by atoms with Gasteiger partial charge >= 0.3 is 0 Å². The minimum Gasteiger partial charge on any atom is -0.208 e. The molecule has 0 amide bonds. The molecule has 4 heteroatoms. The number of benzene rings is 4. The Morgan fingerprint density at radius 2 is 0.774 bits per heavy atom. The summed E-state index contributed by atoms with van der Waals surface area (Å²) in [6.45, 7) is 0. The normalized spacial score (nSPS) is 10.7. The monoisotopic (exact) mass is 419 g/mol. The van der Waals surface area contributed by atoms with Crippen LogP contribution in [0.3, 0.4) is 0 Å². The standard InChI is InChI=1S/C27H18ClN3/c28-27-30-25(21-14-8-3-9-15-21)29-26(31-27)24-17-22(19-10-4-1-5-11-19)16-23(18-24)20-12-6-2-7-13-20/h1-18H. The molecule has 0 aliphatic heterocycles. The van der Waals surface area contributed by atoms with Crippen LogP contribution in [0.2, 0.25) is 5.28 Å². The molecule has 0 aliphatic rings. The van der Waals surface area contributed by atoms with Crippen molar-refractivity contribution in [3.8, 4) is 45.0 Å². The van der Waals surface area contributed by atoms with Crippen molar-refractivity contribution >= 4 is 11.6 Å². The van der Waals surface area contributed by atoms with Gasteiger partial charge in [0.1, 0.15) is 0 Å². The summed E-state index contributed by atoms with van der Waals surface area (Å²) in [4.78, 5) is 13.5. The first-order chi connectivity index (χ1) is 15.3. The van der Waals surface area contributed by atoms with Crippen molar-refractivity contribution in [2.24, 2.45) is 0 Å². The highest BCUT2D eigenvalue weighted by atomic mass is 35.5. The summed E-state index contributed by atoms with van der Waals surface area (Å²) < 4.78 is 0. The molecule has 0 unspecified atom stereocenters. The lowest BCUT2D eigenvalue weighted by atomic mass is 9.96. The van der Waals surface area contributed by atoms with E-state index < -0.39 is 0 Å². The molecule has 3 nitrogen and oxygen atoms in total. The van der Waals surface area contributed by atoms with E-state index >= 15 is 0 Å². The predicted octanol–water partition coefficient (Wildman–Crippen LogP) is 7.19. The molecular weight excluding hydrogens is 402 g/mol. The molecule has 5 rings (SSSR count). The van der Waals surface area contributed by atoms with Crippen LogP contribution in [0.1, 0.15) is 0 Å². The lowest BCUT2D eigenvalue weighted by molar-refractivity contribution is 1.07. The Labute approximate surface area is 186 Å².